The standard InChI is InChI=1S/C17H26N6O2.HI/c1-3-24-12-13-7-9-23(11-13)17(18-2)19-8-6-15-20-16(22-21-15)14-5-4-10-25-14;/h4-5,10,13H,3,6-9,11-12H2,1-2H3,(H,18,19)(H,20,21,22);1H. The number of likely N-dealkylation sites (tertiary alicyclic amines) is 1. The molecule has 1 aliphatic rings. The molecule has 0 aromatic carbocycles. The number of hydrogen-bond acceptors (Lipinski definition) is 5. The maximum absolute atomic E-state index is 5.54. The number of furan rings is 1. The minimum absolute atomic E-state index is 0. The van der Waals surface area contributed by atoms with Gasteiger partial charge >= 0.3 is 0 Å². The zero-order valence-corrected chi connectivity index (χ0v) is 17.6. The lowest BCUT2D eigenvalue weighted by atomic mass is 10.1. The number of ether oxygens (including phenoxy) is 1. The first-order valence-electron chi connectivity index (χ1n) is 8.78. The molecule has 26 heavy (non-hydrogen) atoms. The second-order valence-corrected chi connectivity index (χ2v) is 6.07. The fraction of sp³-hybridized carbons (Fsp3) is 0.588. The Morgan fingerprint density at radius 2 is 2.42 bits per heavy atom. The average molecular weight is 474 g/mol. The Labute approximate surface area is 170 Å². The van der Waals surface area contributed by atoms with Crippen molar-refractivity contribution in [2.24, 2.45) is 10.9 Å². The summed E-state index contributed by atoms with van der Waals surface area (Å²) in [5.74, 6) is 3.60. The number of rotatable bonds is 7. The van der Waals surface area contributed by atoms with Gasteiger partial charge in [-0.3, -0.25) is 10.1 Å². The molecule has 0 bridgehead atoms. The Morgan fingerprint density at radius 1 is 1.54 bits per heavy atom. The highest BCUT2D eigenvalue weighted by Crippen LogP contribution is 2.17. The van der Waals surface area contributed by atoms with E-state index in [-0.39, 0.29) is 24.0 Å². The number of nitrogens with one attached hydrogen (secondary N) is 2. The van der Waals surface area contributed by atoms with E-state index in [4.69, 9.17) is 9.15 Å². The summed E-state index contributed by atoms with van der Waals surface area (Å²) in [6.07, 6.45) is 3.50. The summed E-state index contributed by atoms with van der Waals surface area (Å²) in [5.41, 5.74) is 0. The second kappa shape index (κ2) is 10.5. The summed E-state index contributed by atoms with van der Waals surface area (Å²) in [6, 6.07) is 3.67. The van der Waals surface area contributed by atoms with Crippen LogP contribution in [0.3, 0.4) is 0 Å². The van der Waals surface area contributed by atoms with Crippen LogP contribution in [-0.2, 0) is 11.2 Å². The Balaban J connectivity index is 0.00000243. The van der Waals surface area contributed by atoms with Gasteiger partial charge in [0.2, 0.25) is 5.82 Å². The lowest BCUT2D eigenvalue weighted by molar-refractivity contribution is 0.114. The molecule has 8 nitrogen and oxygen atoms in total. The van der Waals surface area contributed by atoms with E-state index in [1.165, 1.54) is 0 Å². The van der Waals surface area contributed by atoms with Gasteiger partial charge in [-0.2, -0.15) is 5.10 Å². The second-order valence-electron chi connectivity index (χ2n) is 6.07. The average Bonchev–Trinajstić information content (AvgIpc) is 3.38. The number of H-pyrrole nitrogens is 1. The highest BCUT2D eigenvalue weighted by Gasteiger charge is 2.24. The van der Waals surface area contributed by atoms with Crippen molar-refractivity contribution in [1.82, 2.24) is 25.4 Å². The highest BCUT2D eigenvalue weighted by molar-refractivity contribution is 14.0. The molecular weight excluding hydrogens is 447 g/mol. The Kier molecular flexibility index (Phi) is 8.36. The van der Waals surface area contributed by atoms with Gasteiger partial charge in [-0.1, -0.05) is 0 Å². The minimum Gasteiger partial charge on any atom is -0.461 e. The predicted octanol–water partition coefficient (Wildman–Crippen LogP) is 2.16. The van der Waals surface area contributed by atoms with Crippen molar-refractivity contribution in [3.63, 3.8) is 0 Å². The lowest BCUT2D eigenvalue weighted by Gasteiger charge is -2.21. The van der Waals surface area contributed by atoms with Gasteiger partial charge in [0.1, 0.15) is 5.82 Å². The van der Waals surface area contributed by atoms with Crippen molar-refractivity contribution in [2.75, 3.05) is 39.9 Å². The normalized spacial score (nSPS) is 17.4. The summed E-state index contributed by atoms with van der Waals surface area (Å²) in [4.78, 5) is 11.1. The quantitative estimate of drug-likeness (QED) is 0.363. The summed E-state index contributed by atoms with van der Waals surface area (Å²) < 4.78 is 10.8. The number of hydrogen-bond donors (Lipinski definition) is 2. The molecule has 0 spiro atoms. The number of aromatic amines is 1. The Hall–Kier alpha value is -1.62. The molecule has 1 unspecified atom stereocenters. The van der Waals surface area contributed by atoms with E-state index in [0.29, 0.717) is 17.5 Å². The van der Waals surface area contributed by atoms with Gasteiger partial charge in [0.15, 0.2) is 11.7 Å². The van der Waals surface area contributed by atoms with Crippen LogP contribution < -0.4 is 5.32 Å². The summed E-state index contributed by atoms with van der Waals surface area (Å²) in [6.45, 7) is 6.39. The fourth-order valence-corrected chi connectivity index (χ4v) is 2.99. The van der Waals surface area contributed by atoms with Gasteiger partial charge in [-0.25, -0.2) is 4.98 Å². The summed E-state index contributed by atoms with van der Waals surface area (Å²) >= 11 is 0. The molecule has 2 aromatic rings. The lowest BCUT2D eigenvalue weighted by Crippen LogP contribution is -2.41. The molecule has 3 rings (SSSR count). The Bertz CT molecular complexity index is 673. The van der Waals surface area contributed by atoms with Gasteiger partial charge in [-0.15, -0.1) is 24.0 Å². The van der Waals surface area contributed by atoms with Crippen LogP contribution in [0, 0.1) is 5.92 Å². The number of aromatic nitrogens is 3. The van der Waals surface area contributed by atoms with Crippen LogP contribution in [0.1, 0.15) is 19.2 Å². The minimum atomic E-state index is 0. The molecule has 9 heteroatoms. The van der Waals surface area contributed by atoms with Crippen LogP contribution in [0.2, 0.25) is 0 Å². The van der Waals surface area contributed by atoms with Crippen LogP contribution in [0.15, 0.2) is 27.8 Å². The topological polar surface area (TPSA) is 91.6 Å². The van der Waals surface area contributed by atoms with Crippen molar-refractivity contribution in [1.29, 1.82) is 0 Å². The monoisotopic (exact) mass is 474 g/mol. The van der Waals surface area contributed by atoms with Crippen LogP contribution >= 0.6 is 24.0 Å². The van der Waals surface area contributed by atoms with E-state index in [1.807, 2.05) is 26.1 Å². The van der Waals surface area contributed by atoms with Gasteiger partial charge in [0, 0.05) is 45.6 Å². The Morgan fingerprint density at radius 3 is 3.15 bits per heavy atom. The van der Waals surface area contributed by atoms with Gasteiger partial charge in [-0.05, 0) is 25.5 Å². The number of aliphatic imine (C=N–C) groups is 1. The third kappa shape index (κ3) is 5.44. The highest BCUT2D eigenvalue weighted by atomic mass is 127. The first kappa shape index (κ1) is 20.7. The molecule has 0 saturated carbocycles. The molecule has 1 saturated heterocycles. The molecule has 0 radical (unpaired) electrons. The first-order chi connectivity index (χ1) is 12.3. The predicted molar refractivity (Wildman–Crippen MR) is 111 cm³/mol. The zero-order valence-electron chi connectivity index (χ0n) is 15.3. The molecule has 1 fully saturated rings. The molecule has 1 atom stereocenters. The largest absolute Gasteiger partial charge is 0.461 e. The van der Waals surface area contributed by atoms with E-state index < -0.39 is 0 Å². The molecule has 144 valence electrons. The van der Waals surface area contributed by atoms with E-state index in [0.717, 1.165) is 57.5 Å². The maximum atomic E-state index is 5.54. The van der Waals surface area contributed by atoms with Crippen molar-refractivity contribution in [3.05, 3.63) is 24.2 Å². The van der Waals surface area contributed by atoms with Gasteiger partial charge in [0.25, 0.3) is 0 Å². The van der Waals surface area contributed by atoms with Crippen molar-refractivity contribution < 1.29 is 9.15 Å². The zero-order chi connectivity index (χ0) is 17.5. The van der Waals surface area contributed by atoms with Gasteiger partial charge < -0.3 is 19.4 Å². The van der Waals surface area contributed by atoms with Crippen LogP contribution in [0.4, 0.5) is 0 Å². The smallest absolute Gasteiger partial charge is 0.216 e. The van der Waals surface area contributed by atoms with Gasteiger partial charge in [0.05, 0.1) is 12.9 Å². The van der Waals surface area contributed by atoms with Crippen molar-refractivity contribution in [3.8, 4) is 11.6 Å². The van der Waals surface area contributed by atoms with E-state index in [1.54, 1.807) is 6.26 Å². The van der Waals surface area contributed by atoms with E-state index >= 15 is 0 Å². The number of guanidine groups is 1. The SMILES string of the molecule is CCOCC1CCN(C(=NC)NCCc2nc(-c3ccco3)n[nH]2)C1.I. The molecule has 1 aliphatic heterocycles. The fourth-order valence-electron chi connectivity index (χ4n) is 2.99. The molecular formula is C17H27IN6O2. The van der Waals surface area contributed by atoms with Crippen molar-refractivity contribution in [2.45, 2.75) is 19.8 Å². The van der Waals surface area contributed by atoms with Crippen LogP contribution in [-0.4, -0.2) is 65.9 Å². The molecule has 0 amide bonds. The summed E-state index contributed by atoms with van der Waals surface area (Å²) in [5, 5.41) is 10.5. The number of halogens is 1. The molecule has 2 N–H and O–H groups in total. The van der Waals surface area contributed by atoms with Crippen LogP contribution in [0.5, 0.6) is 0 Å². The van der Waals surface area contributed by atoms with E-state index in [9.17, 15) is 0 Å². The van der Waals surface area contributed by atoms with Crippen molar-refractivity contribution >= 4 is 29.9 Å². The maximum Gasteiger partial charge on any atom is 0.216 e. The number of nitrogens with zero attached hydrogens (tertiary/aromatic N) is 4. The van der Waals surface area contributed by atoms with Crippen LogP contribution in [0.25, 0.3) is 11.6 Å². The third-order valence-electron chi connectivity index (χ3n) is 4.27. The summed E-state index contributed by atoms with van der Waals surface area (Å²) in [7, 11) is 1.82. The molecule has 3 heterocycles. The molecule has 0 aliphatic carbocycles. The van der Waals surface area contributed by atoms with E-state index in [2.05, 4.69) is 30.4 Å². The third-order valence-corrected chi connectivity index (χ3v) is 4.27. The molecule has 2 aromatic heterocycles. The first-order valence-corrected chi connectivity index (χ1v) is 8.78.